The number of imidazole rings is 2. The van der Waals surface area contributed by atoms with Crippen LogP contribution >= 0.6 is 0 Å². The molecule has 0 saturated carbocycles. The molecule has 0 fully saturated rings. The maximum Gasteiger partial charge on any atom is 0.287 e. The van der Waals surface area contributed by atoms with Crippen molar-refractivity contribution in [2.75, 3.05) is 0 Å². The second-order valence-electron chi connectivity index (χ2n) is 5.55. The summed E-state index contributed by atoms with van der Waals surface area (Å²) in [7, 11) is 0. The molecule has 7 heteroatoms. The van der Waals surface area contributed by atoms with Gasteiger partial charge in [-0.25, -0.2) is 9.97 Å². The molecular weight excluding hydrogens is 294 g/mol. The Labute approximate surface area is 132 Å². The van der Waals surface area contributed by atoms with Crippen LogP contribution in [-0.4, -0.2) is 31.2 Å². The summed E-state index contributed by atoms with van der Waals surface area (Å²) in [6.45, 7) is 0. The van der Waals surface area contributed by atoms with Crippen LogP contribution in [-0.2, 0) is 12.8 Å². The summed E-state index contributed by atoms with van der Waals surface area (Å²) in [5, 5.41) is 15.1. The van der Waals surface area contributed by atoms with Crippen LogP contribution in [0.5, 0.6) is 0 Å². The van der Waals surface area contributed by atoms with Gasteiger partial charge < -0.3 is 15.3 Å². The molecule has 1 N–H and O–H groups in total. The molecule has 2 heterocycles. The smallest absolute Gasteiger partial charge is 0.287 e. The SMILES string of the molecule is O=C(NC1Cc2ccccc2C1)c1ncc(-n2ccnc2)n1[O-]. The number of amides is 1. The first-order chi connectivity index (χ1) is 11.2. The molecule has 1 amide bonds. The molecule has 0 unspecified atom stereocenters. The molecule has 7 nitrogen and oxygen atoms in total. The van der Waals surface area contributed by atoms with Crippen LogP contribution in [0.15, 0.2) is 49.2 Å². The Balaban J connectivity index is 1.51. The van der Waals surface area contributed by atoms with Gasteiger partial charge in [0.2, 0.25) is 0 Å². The fourth-order valence-electron chi connectivity index (χ4n) is 2.96. The predicted octanol–water partition coefficient (Wildman–Crippen LogP) is 1.31. The Bertz CT molecular complexity index is 828. The summed E-state index contributed by atoms with van der Waals surface area (Å²) in [6.07, 6.45) is 7.59. The minimum atomic E-state index is -0.454. The Morgan fingerprint density at radius 3 is 2.65 bits per heavy atom. The second kappa shape index (κ2) is 5.28. The fraction of sp³-hybridized carbons (Fsp3) is 0.188. The van der Waals surface area contributed by atoms with E-state index < -0.39 is 5.91 Å². The summed E-state index contributed by atoms with van der Waals surface area (Å²) in [5.41, 5.74) is 2.48. The minimum absolute atomic E-state index is 0.00621. The molecule has 116 valence electrons. The van der Waals surface area contributed by atoms with E-state index in [9.17, 15) is 10.0 Å². The largest absolute Gasteiger partial charge is 0.803 e. The first-order valence-electron chi connectivity index (χ1n) is 7.33. The van der Waals surface area contributed by atoms with Crippen LogP contribution in [0.25, 0.3) is 5.82 Å². The Kier molecular flexibility index (Phi) is 3.11. The zero-order valence-corrected chi connectivity index (χ0v) is 12.2. The van der Waals surface area contributed by atoms with E-state index in [4.69, 9.17) is 0 Å². The number of carbonyl (C=O) groups excluding carboxylic acids is 1. The number of hydrogen-bond donors (Lipinski definition) is 1. The summed E-state index contributed by atoms with van der Waals surface area (Å²) in [5.74, 6) is -0.351. The van der Waals surface area contributed by atoms with Gasteiger partial charge in [-0.2, -0.15) is 0 Å². The van der Waals surface area contributed by atoms with E-state index in [1.165, 1.54) is 28.2 Å². The molecule has 2 aromatic heterocycles. The van der Waals surface area contributed by atoms with Crippen molar-refractivity contribution in [1.82, 2.24) is 24.6 Å². The molecule has 0 aliphatic heterocycles. The van der Waals surface area contributed by atoms with Gasteiger partial charge in [-0.05, 0) is 24.0 Å². The molecular formula is C16H14N5O2-. The van der Waals surface area contributed by atoms with Crippen LogP contribution < -0.4 is 5.32 Å². The van der Waals surface area contributed by atoms with Gasteiger partial charge in [0.15, 0.2) is 5.82 Å². The zero-order valence-electron chi connectivity index (χ0n) is 12.2. The number of hydrogen-bond acceptors (Lipinski definition) is 4. The number of aromatic nitrogens is 4. The third-order valence-electron chi connectivity index (χ3n) is 4.06. The highest BCUT2D eigenvalue weighted by atomic mass is 16.5. The van der Waals surface area contributed by atoms with E-state index in [0.29, 0.717) is 4.73 Å². The van der Waals surface area contributed by atoms with E-state index in [1.807, 2.05) is 12.1 Å². The molecule has 3 aromatic rings. The zero-order chi connectivity index (χ0) is 15.8. The molecule has 23 heavy (non-hydrogen) atoms. The first kappa shape index (κ1) is 13.6. The Morgan fingerprint density at radius 2 is 2.00 bits per heavy atom. The van der Waals surface area contributed by atoms with E-state index >= 15 is 0 Å². The molecule has 4 rings (SSSR count). The standard InChI is InChI=1S/C16H14N5O2/c22-16(19-13-7-11-3-1-2-4-12(11)8-13)15-18-9-14(21(15)23)20-6-5-17-10-20/h1-6,9-10,13H,7-8H2,(H,19,22)/q-1. The second-order valence-corrected chi connectivity index (χ2v) is 5.55. The van der Waals surface area contributed by atoms with Crippen LogP contribution in [0.1, 0.15) is 21.7 Å². The topological polar surface area (TPSA) is 87.8 Å². The van der Waals surface area contributed by atoms with Crippen molar-refractivity contribution >= 4 is 5.91 Å². The normalized spacial score (nSPS) is 13.9. The fourth-order valence-corrected chi connectivity index (χ4v) is 2.96. The lowest BCUT2D eigenvalue weighted by Crippen LogP contribution is -2.36. The van der Waals surface area contributed by atoms with E-state index in [1.54, 1.807) is 12.4 Å². The maximum atomic E-state index is 12.3. The Morgan fingerprint density at radius 1 is 1.26 bits per heavy atom. The van der Waals surface area contributed by atoms with Gasteiger partial charge in [-0.3, -0.25) is 9.36 Å². The van der Waals surface area contributed by atoms with Gasteiger partial charge in [0.25, 0.3) is 5.91 Å². The van der Waals surface area contributed by atoms with Crippen molar-refractivity contribution in [1.29, 1.82) is 0 Å². The molecule has 0 bridgehead atoms. The Hall–Kier alpha value is -3.09. The number of carbonyl (C=O) groups is 1. The van der Waals surface area contributed by atoms with Crippen molar-refractivity contribution in [3.8, 4) is 5.82 Å². The molecule has 1 aromatic carbocycles. The van der Waals surface area contributed by atoms with Crippen LogP contribution in [0, 0.1) is 5.21 Å². The lowest BCUT2D eigenvalue weighted by atomic mass is 10.1. The van der Waals surface area contributed by atoms with Gasteiger partial charge in [-0.15, -0.1) is 0 Å². The number of nitrogens with zero attached hydrogens (tertiary/aromatic N) is 4. The molecule has 0 saturated heterocycles. The summed E-state index contributed by atoms with van der Waals surface area (Å²) >= 11 is 0. The third-order valence-corrected chi connectivity index (χ3v) is 4.06. The lowest BCUT2D eigenvalue weighted by Gasteiger charge is -2.17. The average Bonchev–Trinajstić information content (AvgIpc) is 3.24. The van der Waals surface area contributed by atoms with Crippen molar-refractivity contribution in [3.05, 3.63) is 71.3 Å². The van der Waals surface area contributed by atoms with E-state index in [0.717, 1.165) is 12.8 Å². The van der Waals surface area contributed by atoms with Crippen molar-refractivity contribution in [3.63, 3.8) is 0 Å². The highest BCUT2D eigenvalue weighted by Gasteiger charge is 2.24. The maximum absolute atomic E-state index is 12.3. The van der Waals surface area contributed by atoms with Gasteiger partial charge in [0.1, 0.15) is 12.1 Å². The summed E-state index contributed by atoms with van der Waals surface area (Å²) in [6, 6.07) is 8.10. The summed E-state index contributed by atoms with van der Waals surface area (Å²) in [4.78, 5) is 20.2. The monoisotopic (exact) mass is 308 g/mol. The molecule has 0 atom stereocenters. The molecule has 0 radical (unpaired) electrons. The summed E-state index contributed by atoms with van der Waals surface area (Å²) < 4.78 is 2.04. The third kappa shape index (κ3) is 2.36. The number of nitrogens with one attached hydrogen (secondary N) is 1. The predicted molar refractivity (Wildman–Crippen MR) is 83.2 cm³/mol. The lowest BCUT2D eigenvalue weighted by molar-refractivity contribution is 0.0926. The van der Waals surface area contributed by atoms with E-state index in [2.05, 4.69) is 27.4 Å². The van der Waals surface area contributed by atoms with Crippen LogP contribution in [0.3, 0.4) is 0 Å². The molecule has 1 aliphatic carbocycles. The number of benzene rings is 1. The molecule has 0 spiro atoms. The highest BCUT2D eigenvalue weighted by Crippen LogP contribution is 2.22. The van der Waals surface area contributed by atoms with Crippen molar-refractivity contribution < 1.29 is 4.79 Å². The van der Waals surface area contributed by atoms with Crippen molar-refractivity contribution in [2.24, 2.45) is 0 Å². The van der Waals surface area contributed by atoms with Gasteiger partial charge >= 0.3 is 0 Å². The quantitative estimate of drug-likeness (QED) is 0.790. The number of fused-ring (bicyclic) bond motifs is 1. The van der Waals surface area contributed by atoms with Crippen molar-refractivity contribution in [2.45, 2.75) is 18.9 Å². The highest BCUT2D eigenvalue weighted by molar-refractivity contribution is 5.91. The average molecular weight is 308 g/mol. The number of rotatable bonds is 3. The van der Waals surface area contributed by atoms with E-state index in [-0.39, 0.29) is 17.7 Å². The minimum Gasteiger partial charge on any atom is -0.803 e. The molecule has 1 aliphatic rings. The first-order valence-corrected chi connectivity index (χ1v) is 7.33. The van der Waals surface area contributed by atoms with Gasteiger partial charge in [-0.1, -0.05) is 24.3 Å². The van der Waals surface area contributed by atoms with Crippen LogP contribution in [0.4, 0.5) is 0 Å². The van der Waals surface area contributed by atoms with Gasteiger partial charge in [0, 0.05) is 18.4 Å². The van der Waals surface area contributed by atoms with Crippen LogP contribution in [0.2, 0.25) is 0 Å². The van der Waals surface area contributed by atoms with Gasteiger partial charge in [0.05, 0.1) is 6.20 Å².